The van der Waals surface area contributed by atoms with Crippen molar-refractivity contribution in [3.63, 3.8) is 0 Å². The molecule has 1 saturated heterocycles. The number of aliphatic carboxylic acids is 1. The van der Waals surface area contributed by atoms with Gasteiger partial charge in [-0.3, -0.25) is 9.59 Å². The molecule has 1 heterocycles. The molecule has 5 heteroatoms. The average molecular weight is 333 g/mol. The Morgan fingerprint density at radius 1 is 1.21 bits per heavy atom. The molecule has 0 aliphatic carbocycles. The topological polar surface area (TPSA) is 75.6 Å². The van der Waals surface area contributed by atoms with E-state index in [-0.39, 0.29) is 5.91 Å². The predicted octanol–water partition coefficient (Wildman–Crippen LogP) is 2.43. The molecule has 1 aromatic carbocycles. The molecule has 1 fully saturated rings. The number of hydrogen-bond donors (Lipinski definition) is 2. The summed E-state index contributed by atoms with van der Waals surface area (Å²) in [5.74, 6) is -0.367. The van der Waals surface area contributed by atoms with Crippen LogP contribution >= 0.6 is 0 Å². The normalized spacial score (nSPS) is 17.9. The van der Waals surface area contributed by atoms with Crippen molar-refractivity contribution in [3.05, 3.63) is 35.4 Å². The molecule has 132 valence electrons. The lowest BCUT2D eigenvalue weighted by Gasteiger charge is -2.31. The molecule has 2 N–H and O–H groups in total. The minimum Gasteiger partial charge on any atom is -0.481 e. The summed E-state index contributed by atoms with van der Waals surface area (Å²) < 4.78 is 5.37. The summed E-state index contributed by atoms with van der Waals surface area (Å²) in [6.07, 6.45) is 3.39. The standard InChI is InChI=1S/C19H27NO4/c1-19(18(22)23,13-16-7-9-24-10-8-16)12-15-5-3-14(4-6-15)11-17(21)20-2/h3-6,16H,7-13H2,1-2H3,(H,20,21)(H,22,23). The van der Waals surface area contributed by atoms with Crippen molar-refractivity contribution in [2.45, 2.75) is 39.0 Å². The fourth-order valence-electron chi connectivity index (χ4n) is 3.32. The summed E-state index contributed by atoms with van der Waals surface area (Å²) >= 11 is 0. The second-order valence-corrected chi connectivity index (χ2v) is 6.97. The molecule has 0 aromatic heterocycles. The van der Waals surface area contributed by atoms with Gasteiger partial charge in [-0.15, -0.1) is 0 Å². The second kappa shape index (κ2) is 8.29. The lowest BCUT2D eigenvalue weighted by Crippen LogP contribution is -2.34. The largest absolute Gasteiger partial charge is 0.481 e. The van der Waals surface area contributed by atoms with Gasteiger partial charge in [0.15, 0.2) is 0 Å². The van der Waals surface area contributed by atoms with Crippen LogP contribution in [-0.4, -0.2) is 37.2 Å². The van der Waals surface area contributed by atoms with Gasteiger partial charge in [-0.2, -0.15) is 0 Å². The van der Waals surface area contributed by atoms with Crippen LogP contribution in [0.3, 0.4) is 0 Å². The van der Waals surface area contributed by atoms with Gasteiger partial charge in [-0.05, 0) is 49.7 Å². The van der Waals surface area contributed by atoms with Crippen LogP contribution in [0.4, 0.5) is 0 Å². The summed E-state index contributed by atoms with van der Waals surface area (Å²) in [7, 11) is 1.62. The van der Waals surface area contributed by atoms with Crippen molar-refractivity contribution in [2.24, 2.45) is 11.3 Å². The molecule has 2 rings (SSSR count). The first-order valence-electron chi connectivity index (χ1n) is 8.52. The summed E-state index contributed by atoms with van der Waals surface area (Å²) in [4.78, 5) is 23.3. The van der Waals surface area contributed by atoms with Gasteiger partial charge in [0.2, 0.25) is 5.91 Å². The molecule has 0 saturated carbocycles. The Labute approximate surface area is 143 Å². The van der Waals surface area contributed by atoms with Gasteiger partial charge < -0.3 is 15.2 Å². The Morgan fingerprint density at radius 3 is 2.33 bits per heavy atom. The molecule has 1 atom stereocenters. The van der Waals surface area contributed by atoms with Gasteiger partial charge >= 0.3 is 5.97 Å². The van der Waals surface area contributed by atoms with Crippen LogP contribution in [0, 0.1) is 11.3 Å². The molecule has 1 aromatic rings. The zero-order valence-electron chi connectivity index (χ0n) is 14.5. The van der Waals surface area contributed by atoms with Gasteiger partial charge in [0.05, 0.1) is 11.8 Å². The molecular formula is C19H27NO4. The van der Waals surface area contributed by atoms with Gasteiger partial charge in [0.25, 0.3) is 0 Å². The van der Waals surface area contributed by atoms with E-state index in [0.717, 1.165) is 37.2 Å². The third-order valence-corrected chi connectivity index (χ3v) is 4.86. The van der Waals surface area contributed by atoms with E-state index in [0.29, 0.717) is 25.2 Å². The lowest BCUT2D eigenvalue weighted by molar-refractivity contribution is -0.149. The first-order chi connectivity index (χ1) is 11.4. The number of nitrogens with one attached hydrogen (secondary N) is 1. The zero-order valence-corrected chi connectivity index (χ0v) is 14.5. The monoisotopic (exact) mass is 333 g/mol. The van der Waals surface area contributed by atoms with Crippen LogP contribution in [0.1, 0.15) is 37.3 Å². The van der Waals surface area contributed by atoms with Crippen LogP contribution in [0.5, 0.6) is 0 Å². The zero-order chi connectivity index (χ0) is 17.6. The van der Waals surface area contributed by atoms with Gasteiger partial charge in [0, 0.05) is 20.3 Å². The third kappa shape index (κ3) is 5.06. The third-order valence-electron chi connectivity index (χ3n) is 4.86. The van der Waals surface area contributed by atoms with Crippen LogP contribution < -0.4 is 5.32 Å². The van der Waals surface area contributed by atoms with E-state index in [1.807, 2.05) is 31.2 Å². The SMILES string of the molecule is CNC(=O)Cc1ccc(CC(C)(CC2CCOCC2)C(=O)O)cc1. The van der Waals surface area contributed by atoms with E-state index in [9.17, 15) is 14.7 Å². The van der Waals surface area contributed by atoms with Crippen molar-refractivity contribution < 1.29 is 19.4 Å². The summed E-state index contributed by atoms with van der Waals surface area (Å²) in [6, 6.07) is 7.68. The number of rotatable bonds is 7. The fourth-order valence-corrected chi connectivity index (χ4v) is 3.32. The van der Waals surface area contributed by atoms with E-state index >= 15 is 0 Å². The number of carbonyl (C=O) groups excluding carboxylic acids is 1. The van der Waals surface area contributed by atoms with Gasteiger partial charge in [-0.25, -0.2) is 0 Å². The van der Waals surface area contributed by atoms with E-state index in [2.05, 4.69) is 5.32 Å². The summed E-state index contributed by atoms with van der Waals surface area (Å²) in [5, 5.41) is 12.3. The highest BCUT2D eigenvalue weighted by Crippen LogP contribution is 2.34. The van der Waals surface area contributed by atoms with Gasteiger partial charge in [-0.1, -0.05) is 24.3 Å². The Morgan fingerprint density at radius 2 is 1.79 bits per heavy atom. The number of ether oxygens (including phenoxy) is 1. The molecule has 1 aliphatic heterocycles. The second-order valence-electron chi connectivity index (χ2n) is 6.97. The summed E-state index contributed by atoms with van der Waals surface area (Å²) in [5.41, 5.74) is 1.15. The number of hydrogen-bond acceptors (Lipinski definition) is 3. The molecule has 1 amide bonds. The maximum Gasteiger partial charge on any atom is 0.309 e. The van der Waals surface area contributed by atoms with Crippen molar-refractivity contribution in [3.8, 4) is 0 Å². The highest BCUT2D eigenvalue weighted by molar-refractivity contribution is 5.78. The van der Waals surface area contributed by atoms with Crippen molar-refractivity contribution in [1.82, 2.24) is 5.32 Å². The van der Waals surface area contributed by atoms with E-state index in [4.69, 9.17) is 4.74 Å². The quantitative estimate of drug-likeness (QED) is 0.803. The number of amides is 1. The number of carbonyl (C=O) groups is 2. The Hall–Kier alpha value is -1.88. The number of benzene rings is 1. The van der Waals surface area contributed by atoms with Crippen molar-refractivity contribution in [1.29, 1.82) is 0 Å². The van der Waals surface area contributed by atoms with Gasteiger partial charge in [0.1, 0.15) is 0 Å². The maximum absolute atomic E-state index is 11.9. The Bertz CT molecular complexity index is 563. The molecule has 24 heavy (non-hydrogen) atoms. The van der Waals surface area contributed by atoms with Crippen LogP contribution in [0.25, 0.3) is 0 Å². The van der Waals surface area contributed by atoms with Crippen molar-refractivity contribution in [2.75, 3.05) is 20.3 Å². The van der Waals surface area contributed by atoms with Crippen molar-refractivity contribution >= 4 is 11.9 Å². The molecule has 5 nitrogen and oxygen atoms in total. The predicted molar refractivity (Wildman–Crippen MR) is 91.8 cm³/mol. The number of carboxylic acid groups (broad SMARTS) is 1. The molecule has 1 aliphatic rings. The smallest absolute Gasteiger partial charge is 0.309 e. The first-order valence-corrected chi connectivity index (χ1v) is 8.52. The molecule has 0 bridgehead atoms. The molecular weight excluding hydrogens is 306 g/mol. The van der Waals surface area contributed by atoms with Crippen LogP contribution in [0.2, 0.25) is 0 Å². The minimum absolute atomic E-state index is 0.0300. The first kappa shape index (κ1) is 18.5. The van der Waals surface area contributed by atoms with E-state index in [1.54, 1.807) is 7.05 Å². The number of carboxylic acids is 1. The highest BCUT2D eigenvalue weighted by Gasteiger charge is 2.36. The average Bonchev–Trinajstić information content (AvgIpc) is 2.57. The molecule has 0 radical (unpaired) electrons. The Balaban J connectivity index is 2.03. The fraction of sp³-hybridized carbons (Fsp3) is 0.579. The highest BCUT2D eigenvalue weighted by atomic mass is 16.5. The van der Waals surface area contributed by atoms with Crippen LogP contribution in [0.15, 0.2) is 24.3 Å². The minimum atomic E-state index is -0.773. The van der Waals surface area contributed by atoms with E-state index < -0.39 is 11.4 Å². The van der Waals surface area contributed by atoms with E-state index in [1.165, 1.54) is 0 Å². The summed E-state index contributed by atoms with van der Waals surface area (Å²) in [6.45, 7) is 3.30. The molecule has 0 spiro atoms. The van der Waals surface area contributed by atoms with Crippen LogP contribution in [-0.2, 0) is 27.2 Å². The lowest BCUT2D eigenvalue weighted by atomic mass is 9.74. The molecule has 1 unspecified atom stereocenters. The Kier molecular flexibility index (Phi) is 6.37. The number of likely N-dealkylation sites (N-methyl/N-ethyl adjacent to an activating group) is 1. The maximum atomic E-state index is 11.9.